The molecule has 78 valence electrons. The third-order valence-electron chi connectivity index (χ3n) is 1.71. The molecule has 6 nitrogen and oxygen atoms in total. The summed E-state index contributed by atoms with van der Waals surface area (Å²) in [5.41, 5.74) is 0. The van der Waals surface area contributed by atoms with Crippen molar-refractivity contribution in [3.8, 4) is 11.8 Å². The van der Waals surface area contributed by atoms with Crippen LogP contribution in [0.15, 0.2) is 12.1 Å². The third kappa shape index (κ3) is 1.73. The molecule has 1 rings (SSSR count). The molecule has 1 aromatic rings. The first kappa shape index (κ1) is 10.2. The first-order chi connectivity index (χ1) is 6.57. The second kappa shape index (κ2) is 3.91. The van der Waals surface area contributed by atoms with Crippen LogP contribution < -0.4 is 5.01 Å². The smallest absolute Gasteiger partial charge is 0.426 e. The van der Waals surface area contributed by atoms with Gasteiger partial charge in [0.05, 0.1) is 0 Å². The quantitative estimate of drug-likeness (QED) is 0.677. The first-order valence-corrected chi connectivity index (χ1v) is 4.18. The Kier molecular flexibility index (Phi) is 2.85. The molecule has 6 heteroatoms. The largest absolute Gasteiger partial charge is 0.493 e. The maximum atomic E-state index is 10.8. The van der Waals surface area contributed by atoms with Gasteiger partial charge in [-0.2, -0.15) is 4.68 Å². The van der Waals surface area contributed by atoms with Gasteiger partial charge in [0.2, 0.25) is 11.8 Å². The van der Waals surface area contributed by atoms with Gasteiger partial charge in [-0.3, -0.25) is 0 Å². The van der Waals surface area contributed by atoms with E-state index >= 15 is 0 Å². The summed E-state index contributed by atoms with van der Waals surface area (Å²) in [6.07, 6.45) is -0.641. The molecule has 0 fully saturated rings. The lowest BCUT2D eigenvalue weighted by atomic mass is 10.5. The van der Waals surface area contributed by atoms with Crippen molar-refractivity contribution in [2.45, 2.75) is 13.3 Å². The van der Waals surface area contributed by atoms with Crippen molar-refractivity contribution in [2.24, 2.45) is 0 Å². The summed E-state index contributed by atoms with van der Waals surface area (Å²) in [4.78, 5) is 10.8. The first-order valence-electron chi connectivity index (χ1n) is 4.18. The Morgan fingerprint density at radius 3 is 2.29 bits per heavy atom. The molecule has 0 aromatic carbocycles. The molecule has 0 atom stereocenters. The number of amides is 1. The number of hydrogen-bond donors (Lipinski definition) is 3. The van der Waals surface area contributed by atoms with Gasteiger partial charge < -0.3 is 15.3 Å². The fourth-order valence-electron chi connectivity index (χ4n) is 1.15. The van der Waals surface area contributed by atoms with Gasteiger partial charge in [-0.05, 0) is 6.42 Å². The van der Waals surface area contributed by atoms with Gasteiger partial charge in [0.25, 0.3) is 0 Å². The highest BCUT2D eigenvalue weighted by Crippen LogP contribution is 2.21. The second-order valence-electron chi connectivity index (χ2n) is 2.77. The summed E-state index contributed by atoms with van der Waals surface area (Å²) in [5.74, 6) is -0.614. The average molecular weight is 200 g/mol. The average Bonchev–Trinajstić information content (AvgIpc) is 2.43. The van der Waals surface area contributed by atoms with Crippen molar-refractivity contribution < 1.29 is 20.1 Å². The zero-order chi connectivity index (χ0) is 10.7. The van der Waals surface area contributed by atoms with Crippen LogP contribution >= 0.6 is 0 Å². The molecule has 0 unspecified atom stereocenters. The third-order valence-corrected chi connectivity index (χ3v) is 1.71. The van der Waals surface area contributed by atoms with Crippen molar-refractivity contribution in [3.05, 3.63) is 12.1 Å². The van der Waals surface area contributed by atoms with E-state index in [0.29, 0.717) is 6.42 Å². The molecular weight excluding hydrogens is 188 g/mol. The fraction of sp³-hybridized carbons (Fsp3) is 0.375. The van der Waals surface area contributed by atoms with Crippen LogP contribution in [0.3, 0.4) is 0 Å². The zero-order valence-corrected chi connectivity index (χ0v) is 7.71. The molecule has 0 saturated heterocycles. The predicted octanol–water partition coefficient (Wildman–Crippen LogP) is 0.925. The summed E-state index contributed by atoms with van der Waals surface area (Å²) >= 11 is 0. The van der Waals surface area contributed by atoms with Crippen molar-refractivity contribution in [2.75, 3.05) is 11.6 Å². The summed E-state index contributed by atoms with van der Waals surface area (Å²) in [5, 5.41) is 28.2. The van der Waals surface area contributed by atoms with E-state index in [-0.39, 0.29) is 18.3 Å². The lowest BCUT2D eigenvalue weighted by Gasteiger charge is -2.20. The summed E-state index contributed by atoms with van der Waals surface area (Å²) in [7, 11) is 0. The van der Waals surface area contributed by atoms with E-state index in [2.05, 4.69) is 0 Å². The predicted molar refractivity (Wildman–Crippen MR) is 49.2 cm³/mol. The van der Waals surface area contributed by atoms with Crippen molar-refractivity contribution >= 4 is 6.09 Å². The van der Waals surface area contributed by atoms with Crippen LogP contribution in [0.4, 0.5) is 4.79 Å². The normalized spacial score (nSPS) is 10.1. The van der Waals surface area contributed by atoms with Crippen LogP contribution in [-0.2, 0) is 0 Å². The standard InChI is InChI=1S/C8H12N2O4/c1-2-5-9(8(13)14)10-6(11)3-4-7(10)12/h3-4,11-12H,2,5H2,1H3,(H,13,14). The summed E-state index contributed by atoms with van der Waals surface area (Å²) < 4.78 is 0.839. The highest BCUT2D eigenvalue weighted by atomic mass is 16.4. The Morgan fingerprint density at radius 2 is 1.93 bits per heavy atom. The Labute approximate surface area is 80.6 Å². The van der Waals surface area contributed by atoms with E-state index in [1.54, 1.807) is 6.92 Å². The van der Waals surface area contributed by atoms with Gasteiger partial charge in [0.1, 0.15) is 0 Å². The number of nitrogens with zero attached hydrogens (tertiary/aromatic N) is 2. The van der Waals surface area contributed by atoms with E-state index in [1.807, 2.05) is 0 Å². The molecule has 1 heterocycles. The minimum atomic E-state index is -1.23. The van der Waals surface area contributed by atoms with E-state index < -0.39 is 6.09 Å². The number of carbonyl (C=O) groups is 1. The highest BCUT2D eigenvalue weighted by Gasteiger charge is 2.18. The Morgan fingerprint density at radius 1 is 1.43 bits per heavy atom. The minimum Gasteiger partial charge on any atom is -0.493 e. The fourth-order valence-corrected chi connectivity index (χ4v) is 1.15. The Bertz CT molecular complexity index is 315. The van der Waals surface area contributed by atoms with Gasteiger partial charge in [-0.1, -0.05) is 6.92 Å². The zero-order valence-electron chi connectivity index (χ0n) is 7.71. The van der Waals surface area contributed by atoms with Gasteiger partial charge in [-0.15, -0.1) is 0 Å². The summed E-state index contributed by atoms with van der Waals surface area (Å²) in [6.45, 7) is 2.00. The number of aromatic nitrogens is 1. The number of aromatic hydroxyl groups is 2. The molecule has 14 heavy (non-hydrogen) atoms. The van der Waals surface area contributed by atoms with Crippen LogP contribution in [0.25, 0.3) is 0 Å². The Hall–Kier alpha value is -1.85. The SMILES string of the molecule is CCCN(C(=O)O)n1c(O)ccc1O. The molecular formula is C8H12N2O4. The van der Waals surface area contributed by atoms with Crippen molar-refractivity contribution in [3.63, 3.8) is 0 Å². The van der Waals surface area contributed by atoms with Gasteiger partial charge in [0, 0.05) is 18.7 Å². The number of rotatable bonds is 3. The van der Waals surface area contributed by atoms with Gasteiger partial charge in [0.15, 0.2) is 0 Å². The molecule has 0 bridgehead atoms. The molecule has 1 aromatic heterocycles. The van der Waals surface area contributed by atoms with Crippen LogP contribution in [0, 0.1) is 0 Å². The van der Waals surface area contributed by atoms with Crippen molar-refractivity contribution in [1.29, 1.82) is 0 Å². The maximum Gasteiger partial charge on any atom is 0.426 e. The Balaban J connectivity index is 3.04. The molecule has 0 aliphatic carbocycles. The number of hydrogen-bond acceptors (Lipinski definition) is 3. The minimum absolute atomic E-state index is 0.200. The van der Waals surface area contributed by atoms with E-state index in [1.165, 1.54) is 12.1 Å². The van der Waals surface area contributed by atoms with Crippen LogP contribution in [0.2, 0.25) is 0 Å². The monoisotopic (exact) mass is 200 g/mol. The van der Waals surface area contributed by atoms with Gasteiger partial charge in [-0.25, -0.2) is 9.80 Å². The molecule has 1 amide bonds. The van der Waals surface area contributed by atoms with Crippen LogP contribution in [-0.4, -0.2) is 32.6 Å². The van der Waals surface area contributed by atoms with E-state index in [0.717, 1.165) is 9.69 Å². The lowest BCUT2D eigenvalue weighted by Crippen LogP contribution is -2.39. The maximum absolute atomic E-state index is 10.8. The van der Waals surface area contributed by atoms with Crippen LogP contribution in [0.1, 0.15) is 13.3 Å². The van der Waals surface area contributed by atoms with Crippen LogP contribution in [0.5, 0.6) is 11.8 Å². The molecule has 0 saturated carbocycles. The van der Waals surface area contributed by atoms with Gasteiger partial charge >= 0.3 is 6.09 Å². The van der Waals surface area contributed by atoms with E-state index in [4.69, 9.17) is 5.11 Å². The lowest BCUT2D eigenvalue weighted by molar-refractivity contribution is 0.191. The van der Waals surface area contributed by atoms with Crippen molar-refractivity contribution in [1.82, 2.24) is 4.68 Å². The number of carboxylic acid groups (broad SMARTS) is 1. The summed E-state index contributed by atoms with van der Waals surface area (Å²) in [6, 6.07) is 2.45. The molecule has 3 N–H and O–H groups in total. The molecule has 0 spiro atoms. The topological polar surface area (TPSA) is 85.9 Å². The molecule has 0 aliphatic heterocycles. The molecule has 0 radical (unpaired) electrons. The second-order valence-corrected chi connectivity index (χ2v) is 2.77. The van der Waals surface area contributed by atoms with E-state index in [9.17, 15) is 15.0 Å². The highest BCUT2D eigenvalue weighted by molar-refractivity contribution is 5.77. The molecule has 0 aliphatic rings.